The first-order chi connectivity index (χ1) is 8.04. The molecular formula is C15H25NO. The maximum atomic E-state index is 8.94. The van der Waals surface area contributed by atoms with Crippen molar-refractivity contribution in [1.29, 1.82) is 0 Å². The first-order valence-corrected chi connectivity index (χ1v) is 6.45. The van der Waals surface area contributed by atoms with E-state index in [1.807, 2.05) is 0 Å². The van der Waals surface area contributed by atoms with Crippen molar-refractivity contribution in [2.24, 2.45) is 0 Å². The molecule has 2 nitrogen and oxygen atoms in total. The molecule has 1 aromatic rings. The van der Waals surface area contributed by atoms with E-state index in [-0.39, 0.29) is 6.61 Å². The van der Waals surface area contributed by atoms with Crippen molar-refractivity contribution in [3.8, 4) is 0 Å². The molecule has 96 valence electrons. The number of nitrogens with zero attached hydrogens (tertiary/aromatic N) is 1. The van der Waals surface area contributed by atoms with Gasteiger partial charge in [-0.25, -0.2) is 0 Å². The Morgan fingerprint density at radius 2 is 1.94 bits per heavy atom. The van der Waals surface area contributed by atoms with Gasteiger partial charge in [0.1, 0.15) is 0 Å². The molecule has 1 aromatic carbocycles. The van der Waals surface area contributed by atoms with Crippen molar-refractivity contribution in [3.05, 3.63) is 34.9 Å². The Morgan fingerprint density at radius 3 is 2.53 bits per heavy atom. The minimum Gasteiger partial charge on any atom is -0.396 e. The maximum absolute atomic E-state index is 8.94. The number of aliphatic hydroxyl groups is 1. The average molecular weight is 235 g/mol. The first-order valence-electron chi connectivity index (χ1n) is 6.45. The highest BCUT2D eigenvalue weighted by atomic mass is 16.3. The van der Waals surface area contributed by atoms with Gasteiger partial charge >= 0.3 is 0 Å². The Hall–Kier alpha value is -0.860. The van der Waals surface area contributed by atoms with Crippen LogP contribution in [-0.4, -0.2) is 29.2 Å². The summed E-state index contributed by atoms with van der Waals surface area (Å²) in [4.78, 5) is 2.41. The predicted octanol–water partition coefficient (Wildman–Crippen LogP) is 2.90. The molecule has 0 bridgehead atoms. The topological polar surface area (TPSA) is 23.5 Å². The number of aliphatic hydroxyl groups excluding tert-OH is 1. The van der Waals surface area contributed by atoms with Crippen molar-refractivity contribution >= 4 is 0 Å². The second-order valence-corrected chi connectivity index (χ2v) is 5.07. The van der Waals surface area contributed by atoms with E-state index in [1.165, 1.54) is 16.7 Å². The molecule has 0 aliphatic carbocycles. The fraction of sp³-hybridized carbons (Fsp3) is 0.600. The molecule has 0 aromatic heterocycles. The van der Waals surface area contributed by atoms with Gasteiger partial charge < -0.3 is 5.11 Å². The molecule has 1 N–H and O–H groups in total. The second-order valence-electron chi connectivity index (χ2n) is 5.07. The fourth-order valence-corrected chi connectivity index (χ4v) is 1.98. The first kappa shape index (κ1) is 14.2. The second kappa shape index (κ2) is 6.77. The molecule has 2 heteroatoms. The van der Waals surface area contributed by atoms with Crippen LogP contribution in [0.1, 0.15) is 37.0 Å². The third-order valence-electron chi connectivity index (χ3n) is 3.21. The molecule has 0 aliphatic heterocycles. The van der Waals surface area contributed by atoms with Crippen LogP contribution in [0.4, 0.5) is 0 Å². The summed E-state index contributed by atoms with van der Waals surface area (Å²) in [5, 5.41) is 8.94. The molecule has 0 spiro atoms. The third kappa shape index (κ3) is 4.49. The summed E-state index contributed by atoms with van der Waals surface area (Å²) in [6, 6.07) is 7.13. The van der Waals surface area contributed by atoms with Gasteiger partial charge in [0, 0.05) is 25.7 Å². The van der Waals surface area contributed by atoms with Crippen LogP contribution in [0.25, 0.3) is 0 Å². The minimum atomic E-state index is 0.274. The summed E-state index contributed by atoms with van der Waals surface area (Å²) < 4.78 is 0. The standard InChI is InChI=1S/C15H25NO/c1-12(2)16(8-5-9-17)11-15-10-13(3)6-7-14(15)4/h6-7,10,12,17H,5,8-9,11H2,1-4H3. The fourth-order valence-electron chi connectivity index (χ4n) is 1.98. The lowest BCUT2D eigenvalue weighted by atomic mass is 10.0. The molecule has 0 atom stereocenters. The Bertz CT molecular complexity index is 347. The highest BCUT2D eigenvalue weighted by Gasteiger charge is 2.11. The molecule has 0 unspecified atom stereocenters. The Labute approximate surface area is 105 Å². The smallest absolute Gasteiger partial charge is 0.0443 e. The van der Waals surface area contributed by atoms with Gasteiger partial charge in [0.2, 0.25) is 0 Å². The van der Waals surface area contributed by atoms with E-state index in [1.54, 1.807) is 0 Å². The molecule has 17 heavy (non-hydrogen) atoms. The van der Waals surface area contributed by atoms with E-state index in [0.29, 0.717) is 6.04 Å². The van der Waals surface area contributed by atoms with Gasteiger partial charge in [0.05, 0.1) is 0 Å². The quantitative estimate of drug-likeness (QED) is 0.819. The van der Waals surface area contributed by atoms with Gasteiger partial charge in [-0.05, 0) is 45.2 Å². The van der Waals surface area contributed by atoms with Crippen LogP contribution >= 0.6 is 0 Å². The normalized spacial score (nSPS) is 11.5. The van der Waals surface area contributed by atoms with Gasteiger partial charge in [-0.2, -0.15) is 0 Å². The zero-order valence-corrected chi connectivity index (χ0v) is 11.5. The van der Waals surface area contributed by atoms with Crippen LogP contribution in [0.5, 0.6) is 0 Å². The number of benzene rings is 1. The molecule has 0 fully saturated rings. The van der Waals surface area contributed by atoms with Crippen molar-refractivity contribution < 1.29 is 5.11 Å². The van der Waals surface area contributed by atoms with Gasteiger partial charge in [-0.1, -0.05) is 23.8 Å². The number of hydrogen-bond acceptors (Lipinski definition) is 2. The molecule has 1 rings (SSSR count). The molecule has 0 radical (unpaired) electrons. The van der Waals surface area contributed by atoms with E-state index >= 15 is 0 Å². The zero-order valence-electron chi connectivity index (χ0n) is 11.5. The number of rotatable bonds is 6. The number of hydrogen-bond donors (Lipinski definition) is 1. The van der Waals surface area contributed by atoms with Crippen LogP contribution in [0.3, 0.4) is 0 Å². The van der Waals surface area contributed by atoms with Crippen molar-refractivity contribution in [2.75, 3.05) is 13.2 Å². The molecule has 0 heterocycles. The highest BCUT2D eigenvalue weighted by Crippen LogP contribution is 2.15. The molecule has 0 amide bonds. The summed E-state index contributed by atoms with van der Waals surface area (Å²) in [6.07, 6.45) is 0.850. The lowest BCUT2D eigenvalue weighted by Crippen LogP contribution is -2.32. The van der Waals surface area contributed by atoms with E-state index in [2.05, 4.69) is 50.8 Å². The summed E-state index contributed by atoms with van der Waals surface area (Å²) in [5.41, 5.74) is 4.07. The van der Waals surface area contributed by atoms with E-state index in [4.69, 9.17) is 5.11 Å². The molecular weight excluding hydrogens is 210 g/mol. The lowest BCUT2D eigenvalue weighted by molar-refractivity contribution is 0.184. The largest absolute Gasteiger partial charge is 0.396 e. The third-order valence-corrected chi connectivity index (χ3v) is 3.21. The van der Waals surface area contributed by atoms with Crippen molar-refractivity contribution in [2.45, 2.75) is 46.7 Å². The Balaban J connectivity index is 2.74. The lowest BCUT2D eigenvalue weighted by Gasteiger charge is -2.27. The van der Waals surface area contributed by atoms with Crippen LogP contribution in [-0.2, 0) is 6.54 Å². The summed E-state index contributed by atoms with van der Waals surface area (Å²) >= 11 is 0. The van der Waals surface area contributed by atoms with Gasteiger partial charge in [-0.3, -0.25) is 4.90 Å². The Kier molecular flexibility index (Phi) is 5.66. The molecule has 0 saturated heterocycles. The maximum Gasteiger partial charge on any atom is 0.0443 e. The SMILES string of the molecule is Cc1ccc(C)c(CN(CCCO)C(C)C)c1. The van der Waals surface area contributed by atoms with Crippen molar-refractivity contribution in [1.82, 2.24) is 4.90 Å². The van der Waals surface area contributed by atoms with E-state index in [9.17, 15) is 0 Å². The molecule has 0 aliphatic rings. The minimum absolute atomic E-state index is 0.274. The summed E-state index contributed by atoms with van der Waals surface area (Å²) in [7, 11) is 0. The van der Waals surface area contributed by atoms with Crippen molar-refractivity contribution in [3.63, 3.8) is 0 Å². The average Bonchev–Trinajstić information content (AvgIpc) is 2.28. The zero-order chi connectivity index (χ0) is 12.8. The Morgan fingerprint density at radius 1 is 1.24 bits per heavy atom. The van der Waals surface area contributed by atoms with Gasteiger partial charge in [0.25, 0.3) is 0 Å². The van der Waals surface area contributed by atoms with E-state index in [0.717, 1.165) is 19.5 Å². The van der Waals surface area contributed by atoms with E-state index < -0.39 is 0 Å². The van der Waals surface area contributed by atoms with Crippen LogP contribution in [0.15, 0.2) is 18.2 Å². The predicted molar refractivity (Wildman–Crippen MR) is 73.2 cm³/mol. The van der Waals surface area contributed by atoms with Crippen LogP contribution < -0.4 is 0 Å². The van der Waals surface area contributed by atoms with Gasteiger partial charge in [-0.15, -0.1) is 0 Å². The number of aryl methyl sites for hydroxylation is 2. The van der Waals surface area contributed by atoms with Crippen LogP contribution in [0.2, 0.25) is 0 Å². The van der Waals surface area contributed by atoms with Crippen LogP contribution in [0, 0.1) is 13.8 Å². The monoisotopic (exact) mass is 235 g/mol. The molecule has 0 saturated carbocycles. The summed E-state index contributed by atoms with van der Waals surface area (Å²) in [5.74, 6) is 0. The van der Waals surface area contributed by atoms with Gasteiger partial charge in [0.15, 0.2) is 0 Å². The highest BCUT2D eigenvalue weighted by molar-refractivity contribution is 5.30. The summed E-state index contributed by atoms with van der Waals surface area (Å²) in [6.45, 7) is 10.9.